The van der Waals surface area contributed by atoms with E-state index in [9.17, 15) is 13.6 Å². The van der Waals surface area contributed by atoms with Crippen LogP contribution in [0.3, 0.4) is 0 Å². The lowest BCUT2D eigenvalue weighted by molar-refractivity contribution is -0.119. The standard InChI is InChI=1S/C10H12F2N2O/c1-3-6(2)10(15)13-7-4-5-8(11)14-9(7)12/h4-6H,3H2,1-2H3,(H,13,15). The quantitative estimate of drug-likeness (QED) is 0.785. The molecule has 1 N–H and O–H groups in total. The van der Waals surface area contributed by atoms with E-state index >= 15 is 0 Å². The highest BCUT2D eigenvalue weighted by atomic mass is 19.1. The van der Waals surface area contributed by atoms with Gasteiger partial charge in [-0.1, -0.05) is 13.8 Å². The van der Waals surface area contributed by atoms with Crippen LogP contribution in [-0.2, 0) is 4.79 Å². The summed E-state index contributed by atoms with van der Waals surface area (Å²) < 4.78 is 25.5. The Hall–Kier alpha value is -1.52. The Labute approximate surface area is 86.5 Å². The normalized spacial score (nSPS) is 12.3. The molecule has 1 amide bonds. The number of anilines is 1. The molecule has 0 aliphatic carbocycles. The average Bonchev–Trinajstić information content (AvgIpc) is 2.20. The Kier molecular flexibility index (Phi) is 3.71. The topological polar surface area (TPSA) is 42.0 Å². The van der Waals surface area contributed by atoms with Crippen molar-refractivity contribution < 1.29 is 13.6 Å². The number of carbonyl (C=O) groups excluding carboxylic acids is 1. The zero-order valence-corrected chi connectivity index (χ0v) is 8.55. The molecule has 0 bridgehead atoms. The summed E-state index contributed by atoms with van der Waals surface area (Å²) in [7, 11) is 0. The summed E-state index contributed by atoms with van der Waals surface area (Å²) in [5, 5.41) is 2.35. The summed E-state index contributed by atoms with van der Waals surface area (Å²) in [6.45, 7) is 3.58. The molecule has 1 atom stereocenters. The van der Waals surface area contributed by atoms with Gasteiger partial charge in [-0.05, 0) is 18.6 Å². The molecule has 1 heterocycles. The fraction of sp³-hybridized carbons (Fsp3) is 0.400. The van der Waals surface area contributed by atoms with Crippen LogP contribution in [-0.4, -0.2) is 10.9 Å². The van der Waals surface area contributed by atoms with Crippen LogP contribution < -0.4 is 5.32 Å². The van der Waals surface area contributed by atoms with Crippen LogP contribution in [0.25, 0.3) is 0 Å². The van der Waals surface area contributed by atoms with Gasteiger partial charge in [-0.25, -0.2) is 0 Å². The second-order valence-electron chi connectivity index (χ2n) is 3.27. The monoisotopic (exact) mass is 214 g/mol. The van der Waals surface area contributed by atoms with Crippen molar-refractivity contribution in [2.24, 2.45) is 5.92 Å². The number of carbonyl (C=O) groups is 1. The molecule has 15 heavy (non-hydrogen) atoms. The summed E-state index contributed by atoms with van der Waals surface area (Å²) in [4.78, 5) is 14.3. The number of nitrogens with one attached hydrogen (secondary N) is 1. The summed E-state index contributed by atoms with van der Waals surface area (Å²) in [6, 6.07) is 2.15. The molecule has 0 saturated carbocycles. The van der Waals surface area contributed by atoms with Crippen molar-refractivity contribution in [1.82, 2.24) is 4.98 Å². The zero-order chi connectivity index (χ0) is 11.4. The molecule has 82 valence electrons. The van der Waals surface area contributed by atoms with E-state index < -0.39 is 11.9 Å². The van der Waals surface area contributed by atoms with Crippen LogP contribution in [0.4, 0.5) is 14.5 Å². The largest absolute Gasteiger partial charge is 0.322 e. The first-order valence-electron chi connectivity index (χ1n) is 4.67. The molecule has 0 fully saturated rings. The number of hydrogen-bond donors (Lipinski definition) is 1. The van der Waals surface area contributed by atoms with Crippen LogP contribution in [0.15, 0.2) is 12.1 Å². The third-order valence-corrected chi connectivity index (χ3v) is 2.13. The fourth-order valence-corrected chi connectivity index (χ4v) is 0.947. The molecule has 1 rings (SSSR count). The molecule has 5 heteroatoms. The maximum atomic E-state index is 13.0. The Morgan fingerprint density at radius 3 is 2.73 bits per heavy atom. The Balaban J connectivity index is 2.77. The highest BCUT2D eigenvalue weighted by Gasteiger charge is 2.13. The number of rotatable bonds is 3. The molecule has 0 aliphatic heterocycles. The minimum absolute atomic E-state index is 0.0956. The van der Waals surface area contributed by atoms with Crippen molar-refractivity contribution in [3.05, 3.63) is 24.0 Å². The van der Waals surface area contributed by atoms with Crippen molar-refractivity contribution in [3.63, 3.8) is 0 Å². The van der Waals surface area contributed by atoms with E-state index in [1.165, 1.54) is 0 Å². The Morgan fingerprint density at radius 2 is 2.20 bits per heavy atom. The van der Waals surface area contributed by atoms with Crippen molar-refractivity contribution in [2.75, 3.05) is 5.32 Å². The number of hydrogen-bond acceptors (Lipinski definition) is 2. The van der Waals surface area contributed by atoms with Crippen LogP contribution in [0.1, 0.15) is 20.3 Å². The maximum absolute atomic E-state index is 13.0. The second-order valence-corrected chi connectivity index (χ2v) is 3.27. The average molecular weight is 214 g/mol. The fourth-order valence-electron chi connectivity index (χ4n) is 0.947. The minimum atomic E-state index is -1.01. The summed E-state index contributed by atoms with van der Waals surface area (Å²) in [5.41, 5.74) is -0.0956. The van der Waals surface area contributed by atoms with E-state index in [2.05, 4.69) is 10.3 Å². The first-order valence-corrected chi connectivity index (χ1v) is 4.67. The van der Waals surface area contributed by atoms with Gasteiger partial charge >= 0.3 is 0 Å². The van der Waals surface area contributed by atoms with Crippen molar-refractivity contribution >= 4 is 11.6 Å². The van der Waals surface area contributed by atoms with Crippen LogP contribution in [0.2, 0.25) is 0 Å². The molecule has 1 aromatic rings. The molecule has 0 aliphatic rings. The van der Waals surface area contributed by atoms with Gasteiger partial charge in [0, 0.05) is 5.92 Å². The summed E-state index contributed by atoms with van der Waals surface area (Å²) in [5.74, 6) is -2.43. The minimum Gasteiger partial charge on any atom is -0.322 e. The van der Waals surface area contributed by atoms with E-state index in [4.69, 9.17) is 0 Å². The lowest BCUT2D eigenvalue weighted by Gasteiger charge is -2.09. The van der Waals surface area contributed by atoms with Gasteiger partial charge in [-0.3, -0.25) is 4.79 Å². The Bertz CT molecular complexity index is 368. The second kappa shape index (κ2) is 4.82. The van der Waals surface area contributed by atoms with Crippen LogP contribution >= 0.6 is 0 Å². The maximum Gasteiger partial charge on any atom is 0.239 e. The van der Waals surface area contributed by atoms with Gasteiger partial charge in [0.2, 0.25) is 17.8 Å². The van der Waals surface area contributed by atoms with Gasteiger partial charge in [-0.15, -0.1) is 0 Å². The highest BCUT2D eigenvalue weighted by molar-refractivity contribution is 5.92. The van der Waals surface area contributed by atoms with E-state index in [1.807, 2.05) is 6.92 Å². The van der Waals surface area contributed by atoms with Crippen molar-refractivity contribution in [3.8, 4) is 0 Å². The van der Waals surface area contributed by atoms with Gasteiger partial charge < -0.3 is 5.32 Å². The molecule has 0 saturated heterocycles. The first-order chi connectivity index (χ1) is 7.04. The van der Waals surface area contributed by atoms with Gasteiger partial charge in [0.25, 0.3) is 0 Å². The van der Waals surface area contributed by atoms with E-state index in [1.54, 1.807) is 6.92 Å². The zero-order valence-electron chi connectivity index (χ0n) is 8.55. The van der Waals surface area contributed by atoms with Gasteiger partial charge in [0.05, 0.1) is 5.69 Å². The number of amides is 1. The van der Waals surface area contributed by atoms with Gasteiger partial charge in [0.1, 0.15) is 0 Å². The predicted molar refractivity (Wildman–Crippen MR) is 52.2 cm³/mol. The number of pyridine rings is 1. The lowest BCUT2D eigenvalue weighted by Crippen LogP contribution is -2.20. The molecular formula is C10H12F2N2O. The predicted octanol–water partition coefficient (Wildman–Crippen LogP) is 2.34. The molecule has 0 spiro atoms. The first kappa shape index (κ1) is 11.6. The Morgan fingerprint density at radius 1 is 1.53 bits per heavy atom. The van der Waals surface area contributed by atoms with Crippen LogP contribution in [0.5, 0.6) is 0 Å². The molecule has 1 aromatic heterocycles. The van der Waals surface area contributed by atoms with Gasteiger partial charge in [-0.2, -0.15) is 13.8 Å². The van der Waals surface area contributed by atoms with E-state index in [0.717, 1.165) is 12.1 Å². The summed E-state index contributed by atoms with van der Waals surface area (Å²) >= 11 is 0. The summed E-state index contributed by atoms with van der Waals surface area (Å²) in [6.07, 6.45) is 0.655. The van der Waals surface area contributed by atoms with Gasteiger partial charge in [0.15, 0.2) is 0 Å². The molecule has 0 radical (unpaired) electrons. The number of halogens is 2. The highest BCUT2D eigenvalue weighted by Crippen LogP contribution is 2.13. The van der Waals surface area contributed by atoms with Crippen molar-refractivity contribution in [1.29, 1.82) is 0 Å². The molecule has 1 unspecified atom stereocenters. The third-order valence-electron chi connectivity index (χ3n) is 2.13. The molecule has 3 nitrogen and oxygen atoms in total. The number of nitrogens with zero attached hydrogens (tertiary/aromatic N) is 1. The smallest absolute Gasteiger partial charge is 0.239 e. The molecule has 0 aromatic carbocycles. The van der Waals surface area contributed by atoms with Crippen LogP contribution in [0, 0.1) is 17.8 Å². The van der Waals surface area contributed by atoms with E-state index in [0.29, 0.717) is 6.42 Å². The van der Waals surface area contributed by atoms with Crippen molar-refractivity contribution in [2.45, 2.75) is 20.3 Å². The number of aromatic nitrogens is 1. The molecular weight excluding hydrogens is 202 g/mol. The lowest BCUT2D eigenvalue weighted by atomic mass is 10.1. The van der Waals surface area contributed by atoms with E-state index in [-0.39, 0.29) is 17.5 Å². The SMILES string of the molecule is CCC(C)C(=O)Nc1ccc(F)nc1F. The third kappa shape index (κ3) is 2.97.